The highest BCUT2D eigenvalue weighted by atomic mass is 35.5. The number of phenols is 1. The molecule has 8 heteroatoms. The fourth-order valence-corrected chi connectivity index (χ4v) is 2.28. The van der Waals surface area contributed by atoms with Crippen LogP contribution in [0.4, 0.5) is 4.39 Å². The second-order valence-corrected chi connectivity index (χ2v) is 5.58. The van der Waals surface area contributed by atoms with Crippen molar-refractivity contribution in [1.29, 1.82) is 0 Å². The van der Waals surface area contributed by atoms with Gasteiger partial charge < -0.3 is 9.84 Å². The van der Waals surface area contributed by atoms with E-state index in [4.69, 9.17) is 27.9 Å². The van der Waals surface area contributed by atoms with E-state index in [1.54, 1.807) is 13.0 Å². The van der Waals surface area contributed by atoms with Crippen LogP contribution < -0.4 is 10.2 Å². The Balaban J connectivity index is 2.00. The SMILES string of the molecule is C/C(=N\NC(=O)COc1ccccc1F)c1cc(Cl)cc(Cl)c1O. The molecular weight excluding hydrogens is 358 g/mol. The van der Waals surface area contributed by atoms with Crippen molar-refractivity contribution >= 4 is 34.8 Å². The standard InChI is InChI=1S/C16H13Cl2FN2O3/c1-9(11-6-10(17)7-12(18)16(11)23)20-21-15(22)8-24-14-5-3-2-4-13(14)19/h2-7,23H,8H2,1H3,(H,21,22)/b20-9+. The predicted octanol–water partition coefficient (Wildman–Crippen LogP) is 3.76. The maximum Gasteiger partial charge on any atom is 0.277 e. The molecule has 0 aromatic heterocycles. The lowest BCUT2D eigenvalue weighted by Gasteiger charge is -2.08. The van der Waals surface area contributed by atoms with Crippen LogP contribution in [0.15, 0.2) is 41.5 Å². The van der Waals surface area contributed by atoms with Crippen molar-refractivity contribution < 1.29 is 19.0 Å². The molecule has 0 aliphatic heterocycles. The lowest BCUT2D eigenvalue weighted by molar-refractivity contribution is -0.123. The molecule has 0 spiro atoms. The lowest BCUT2D eigenvalue weighted by atomic mass is 10.1. The number of para-hydroxylation sites is 1. The second-order valence-electron chi connectivity index (χ2n) is 4.74. The molecule has 0 radical (unpaired) electrons. The van der Waals surface area contributed by atoms with Crippen LogP contribution in [-0.4, -0.2) is 23.3 Å². The third-order valence-electron chi connectivity index (χ3n) is 2.96. The largest absolute Gasteiger partial charge is 0.506 e. The van der Waals surface area contributed by atoms with Gasteiger partial charge in [-0.1, -0.05) is 35.3 Å². The number of ether oxygens (including phenoxy) is 1. The van der Waals surface area contributed by atoms with Gasteiger partial charge in [-0.05, 0) is 31.2 Å². The molecule has 0 unspecified atom stereocenters. The van der Waals surface area contributed by atoms with Crippen LogP contribution in [0.1, 0.15) is 12.5 Å². The highest BCUT2D eigenvalue weighted by molar-refractivity contribution is 6.36. The molecule has 24 heavy (non-hydrogen) atoms. The Bertz CT molecular complexity index is 797. The molecule has 0 saturated carbocycles. The first-order chi connectivity index (χ1) is 11.4. The van der Waals surface area contributed by atoms with Crippen LogP contribution in [-0.2, 0) is 4.79 Å². The first kappa shape index (κ1) is 18.0. The summed E-state index contributed by atoms with van der Waals surface area (Å²) in [5.74, 6) is -1.39. The smallest absolute Gasteiger partial charge is 0.277 e. The zero-order valence-electron chi connectivity index (χ0n) is 12.5. The van der Waals surface area contributed by atoms with E-state index in [0.29, 0.717) is 5.02 Å². The summed E-state index contributed by atoms with van der Waals surface area (Å²) in [7, 11) is 0. The molecule has 1 amide bonds. The summed E-state index contributed by atoms with van der Waals surface area (Å²) in [5, 5.41) is 14.1. The third kappa shape index (κ3) is 4.59. The van der Waals surface area contributed by atoms with Crippen LogP contribution in [0.3, 0.4) is 0 Å². The van der Waals surface area contributed by atoms with Crippen LogP contribution in [0.2, 0.25) is 10.0 Å². The quantitative estimate of drug-likeness (QED) is 0.621. The number of phenolic OH excluding ortho intramolecular Hbond substituents is 1. The van der Waals surface area contributed by atoms with Crippen LogP contribution in [0, 0.1) is 5.82 Å². The zero-order valence-corrected chi connectivity index (χ0v) is 14.0. The van der Waals surface area contributed by atoms with Crippen molar-refractivity contribution in [3.8, 4) is 11.5 Å². The molecule has 0 saturated heterocycles. The van der Waals surface area contributed by atoms with Gasteiger partial charge in [-0.2, -0.15) is 5.10 Å². The molecule has 0 atom stereocenters. The highest BCUT2D eigenvalue weighted by Gasteiger charge is 2.11. The van der Waals surface area contributed by atoms with E-state index in [1.165, 1.54) is 30.3 Å². The van der Waals surface area contributed by atoms with Crippen molar-refractivity contribution in [3.05, 3.63) is 57.8 Å². The van der Waals surface area contributed by atoms with Gasteiger partial charge in [-0.3, -0.25) is 4.79 Å². The molecular formula is C16H13Cl2FN2O3. The van der Waals surface area contributed by atoms with Gasteiger partial charge in [0.2, 0.25) is 0 Å². The molecule has 126 valence electrons. The third-order valence-corrected chi connectivity index (χ3v) is 3.47. The minimum atomic E-state index is -0.592. The van der Waals surface area contributed by atoms with Gasteiger partial charge in [-0.25, -0.2) is 9.82 Å². The minimum absolute atomic E-state index is 0.0346. The Labute approximate surface area is 147 Å². The molecule has 5 nitrogen and oxygen atoms in total. The summed E-state index contributed by atoms with van der Waals surface area (Å²) < 4.78 is 18.4. The van der Waals surface area contributed by atoms with E-state index in [2.05, 4.69) is 10.5 Å². The molecule has 0 bridgehead atoms. The average molecular weight is 371 g/mol. The van der Waals surface area contributed by atoms with Gasteiger partial charge in [0.05, 0.1) is 10.7 Å². The molecule has 0 aliphatic carbocycles. The van der Waals surface area contributed by atoms with Gasteiger partial charge in [0.25, 0.3) is 5.91 Å². The Kier molecular flexibility index (Phi) is 6.00. The van der Waals surface area contributed by atoms with E-state index in [-0.39, 0.29) is 27.8 Å². The van der Waals surface area contributed by atoms with Gasteiger partial charge in [0, 0.05) is 10.6 Å². The normalized spacial score (nSPS) is 11.2. The number of nitrogens with zero attached hydrogens (tertiary/aromatic N) is 1. The summed E-state index contributed by atoms with van der Waals surface area (Å²) in [4.78, 5) is 11.7. The summed E-state index contributed by atoms with van der Waals surface area (Å²) >= 11 is 11.7. The molecule has 2 rings (SSSR count). The van der Waals surface area contributed by atoms with E-state index >= 15 is 0 Å². The van der Waals surface area contributed by atoms with Crippen molar-refractivity contribution in [3.63, 3.8) is 0 Å². The number of aromatic hydroxyl groups is 1. The topological polar surface area (TPSA) is 70.9 Å². The molecule has 2 N–H and O–H groups in total. The molecule has 0 heterocycles. The lowest BCUT2D eigenvalue weighted by Crippen LogP contribution is -2.25. The second kappa shape index (κ2) is 7.99. The zero-order chi connectivity index (χ0) is 17.7. The molecule has 2 aromatic carbocycles. The van der Waals surface area contributed by atoms with Crippen molar-refractivity contribution in [2.45, 2.75) is 6.92 Å². The Hall–Kier alpha value is -2.31. The number of carbonyl (C=O) groups excluding carboxylic acids is 1. The van der Waals surface area contributed by atoms with Gasteiger partial charge in [0.1, 0.15) is 5.75 Å². The van der Waals surface area contributed by atoms with E-state index < -0.39 is 18.3 Å². The van der Waals surface area contributed by atoms with E-state index in [0.717, 1.165) is 0 Å². The summed E-state index contributed by atoms with van der Waals surface area (Å²) in [6.07, 6.45) is 0. The number of hydrogen-bond donors (Lipinski definition) is 2. The van der Waals surface area contributed by atoms with E-state index in [1.807, 2.05) is 0 Å². The Morgan fingerprint density at radius 3 is 2.75 bits per heavy atom. The number of benzene rings is 2. The minimum Gasteiger partial charge on any atom is -0.506 e. The molecule has 0 fully saturated rings. The van der Waals surface area contributed by atoms with E-state index in [9.17, 15) is 14.3 Å². The maximum absolute atomic E-state index is 13.4. The number of hydrogen-bond acceptors (Lipinski definition) is 4. The van der Waals surface area contributed by atoms with Crippen molar-refractivity contribution in [1.82, 2.24) is 5.43 Å². The van der Waals surface area contributed by atoms with Gasteiger partial charge in [0.15, 0.2) is 18.2 Å². The number of rotatable bonds is 5. The number of amides is 1. The van der Waals surface area contributed by atoms with Crippen LogP contribution >= 0.6 is 23.2 Å². The highest BCUT2D eigenvalue weighted by Crippen LogP contribution is 2.31. The number of hydrazone groups is 1. The fraction of sp³-hybridized carbons (Fsp3) is 0.125. The van der Waals surface area contributed by atoms with Crippen LogP contribution in [0.25, 0.3) is 0 Å². The fourth-order valence-electron chi connectivity index (χ4n) is 1.79. The van der Waals surface area contributed by atoms with Crippen LogP contribution in [0.5, 0.6) is 11.5 Å². The number of halogens is 3. The summed E-state index contributed by atoms with van der Waals surface area (Å²) in [6, 6.07) is 8.58. The average Bonchev–Trinajstić information content (AvgIpc) is 2.55. The molecule has 2 aromatic rings. The number of nitrogens with one attached hydrogen (secondary N) is 1. The first-order valence-corrected chi connectivity index (χ1v) is 7.53. The van der Waals surface area contributed by atoms with Crippen molar-refractivity contribution in [2.75, 3.05) is 6.61 Å². The Morgan fingerprint density at radius 2 is 2.04 bits per heavy atom. The summed E-state index contributed by atoms with van der Waals surface area (Å²) in [5.41, 5.74) is 2.81. The molecule has 0 aliphatic rings. The van der Waals surface area contributed by atoms with Gasteiger partial charge in [-0.15, -0.1) is 0 Å². The Morgan fingerprint density at radius 1 is 1.33 bits per heavy atom. The van der Waals surface area contributed by atoms with Gasteiger partial charge >= 0.3 is 0 Å². The monoisotopic (exact) mass is 370 g/mol. The first-order valence-electron chi connectivity index (χ1n) is 6.77. The van der Waals surface area contributed by atoms with Crippen molar-refractivity contribution in [2.24, 2.45) is 5.10 Å². The maximum atomic E-state index is 13.4. The number of carbonyl (C=O) groups is 1. The summed E-state index contributed by atoms with van der Waals surface area (Å²) in [6.45, 7) is 1.14. The predicted molar refractivity (Wildman–Crippen MR) is 90.4 cm³/mol.